The smallest absolute Gasteiger partial charge is 0.0726 e. The number of hydrogen-bond acceptors (Lipinski definition) is 0. The van der Waals surface area contributed by atoms with Crippen molar-refractivity contribution in [2.75, 3.05) is 0 Å². The molecule has 0 atom stereocenters. The molecule has 1 spiro atoms. The summed E-state index contributed by atoms with van der Waals surface area (Å²) >= 11 is 6.71. The second-order valence-corrected chi connectivity index (χ2v) is 7.46. The van der Waals surface area contributed by atoms with Crippen LogP contribution in [0, 0.1) is 0 Å². The molecule has 2 aliphatic carbocycles. The van der Waals surface area contributed by atoms with Gasteiger partial charge in [-0.05, 0) is 45.0 Å². The Hall–Kier alpha value is -2.83. The molecule has 0 N–H and O–H groups in total. The number of benzene rings is 4. The molecule has 0 radical (unpaired) electrons. The first-order valence-electron chi connectivity index (χ1n) is 8.92. The van der Waals surface area contributed by atoms with Gasteiger partial charge in [0.05, 0.1) is 5.41 Å². The van der Waals surface area contributed by atoms with E-state index in [0.29, 0.717) is 0 Å². The Morgan fingerprint density at radius 1 is 0.462 bits per heavy atom. The Morgan fingerprint density at radius 3 is 1.54 bits per heavy atom. The maximum absolute atomic E-state index is 6.71. The van der Waals surface area contributed by atoms with Crippen molar-refractivity contribution in [3.8, 4) is 22.3 Å². The molecule has 26 heavy (non-hydrogen) atoms. The van der Waals surface area contributed by atoms with Crippen molar-refractivity contribution in [1.29, 1.82) is 0 Å². The van der Waals surface area contributed by atoms with E-state index in [-0.39, 0.29) is 5.41 Å². The molecule has 4 aromatic rings. The van der Waals surface area contributed by atoms with Gasteiger partial charge in [-0.3, -0.25) is 0 Å². The first kappa shape index (κ1) is 14.4. The fourth-order valence-corrected chi connectivity index (χ4v) is 5.38. The average Bonchev–Trinajstić information content (AvgIpc) is 3.16. The first-order valence-corrected chi connectivity index (χ1v) is 9.29. The molecular formula is C25H15Cl. The fraction of sp³-hybridized carbons (Fsp3) is 0.0400. The van der Waals surface area contributed by atoms with Crippen LogP contribution in [0.1, 0.15) is 22.3 Å². The van der Waals surface area contributed by atoms with Gasteiger partial charge in [0.25, 0.3) is 0 Å². The van der Waals surface area contributed by atoms with Crippen LogP contribution in [-0.2, 0) is 5.41 Å². The summed E-state index contributed by atoms with van der Waals surface area (Å²) in [6, 6.07) is 32.7. The molecular weight excluding hydrogens is 336 g/mol. The second-order valence-electron chi connectivity index (χ2n) is 7.05. The van der Waals surface area contributed by atoms with Crippen molar-refractivity contribution in [2.24, 2.45) is 0 Å². The van der Waals surface area contributed by atoms with Crippen LogP contribution in [0.15, 0.2) is 91.0 Å². The summed E-state index contributed by atoms with van der Waals surface area (Å²) in [7, 11) is 0. The molecule has 0 fully saturated rings. The van der Waals surface area contributed by atoms with E-state index in [1.807, 2.05) is 6.07 Å². The van der Waals surface area contributed by atoms with Gasteiger partial charge in [0.1, 0.15) is 0 Å². The molecule has 0 heterocycles. The highest BCUT2D eigenvalue weighted by atomic mass is 35.5. The first-order chi connectivity index (χ1) is 12.8. The van der Waals surface area contributed by atoms with Crippen LogP contribution in [0.4, 0.5) is 0 Å². The monoisotopic (exact) mass is 350 g/mol. The zero-order chi connectivity index (χ0) is 17.3. The molecule has 0 saturated carbocycles. The minimum atomic E-state index is -0.274. The molecule has 0 aliphatic heterocycles. The lowest BCUT2D eigenvalue weighted by molar-refractivity contribution is 0.794. The Bertz CT molecular complexity index is 1160. The lowest BCUT2D eigenvalue weighted by Gasteiger charge is -2.30. The van der Waals surface area contributed by atoms with Gasteiger partial charge in [0.15, 0.2) is 0 Å². The molecule has 4 aromatic carbocycles. The van der Waals surface area contributed by atoms with E-state index in [2.05, 4.69) is 84.9 Å². The van der Waals surface area contributed by atoms with Gasteiger partial charge < -0.3 is 0 Å². The third kappa shape index (κ3) is 1.48. The van der Waals surface area contributed by atoms with Gasteiger partial charge in [-0.2, -0.15) is 0 Å². The summed E-state index contributed by atoms with van der Waals surface area (Å²) < 4.78 is 0. The van der Waals surface area contributed by atoms with E-state index in [4.69, 9.17) is 11.6 Å². The number of fused-ring (bicyclic) bond motifs is 10. The minimum absolute atomic E-state index is 0.274. The molecule has 0 aromatic heterocycles. The third-order valence-electron chi connectivity index (χ3n) is 5.97. The van der Waals surface area contributed by atoms with Crippen LogP contribution >= 0.6 is 11.6 Å². The van der Waals surface area contributed by atoms with E-state index < -0.39 is 0 Å². The zero-order valence-electron chi connectivity index (χ0n) is 14.0. The summed E-state index contributed by atoms with van der Waals surface area (Å²) in [4.78, 5) is 0. The van der Waals surface area contributed by atoms with Crippen LogP contribution in [0.2, 0.25) is 5.02 Å². The highest BCUT2D eigenvalue weighted by Gasteiger charge is 2.51. The summed E-state index contributed by atoms with van der Waals surface area (Å²) in [5.41, 5.74) is 10.1. The Kier molecular flexibility index (Phi) is 2.69. The van der Waals surface area contributed by atoms with Crippen molar-refractivity contribution in [2.45, 2.75) is 5.41 Å². The summed E-state index contributed by atoms with van der Waals surface area (Å²) in [6.45, 7) is 0. The summed E-state index contributed by atoms with van der Waals surface area (Å²) in [6.07, 6.45) is 0. The normalized spacial score (nSPS) is 14.7. The van der Waals surface area contributed by atoms with E-state index in [9.17, 15) is 0 Å². The Morgan fingerprint density at radius 2 is 0.923 bits per heavy atom. The van der Waals surface area contributed by atoms with Gasteiger partial charge >= 0.3 is 0 Å². The lowest BCUT2D eigenvalue weighted by Crippen LogP contribution is -2.25. The predicted octanol–water partition coefficient (Wildman–Crippen LogP) is 6.68. The summed E-state index contributed by atoms with van der Waals surface area (Å²) in [5.74, 6) is 0. The fourth-order valence-electron chi connectivity index (χ4n) is 5.10. The van der Waals surface area contributed by atoms with Gasteiger partial charge in [-0.15, -0.1) is 0 Å². The molecule has 0 saturated heterocycles. The highest BCUT2D eigenvalue weighted by Crippen LogP contribution is 2.63. The molecule has 0 nitrogen and oxygen atoms in total. The second kappa shape index (κ2) is 4.87. The molecule has 1 heteroatoms. The van der Waals surface area contributed by atoms with Crippen molar-refractivity contribution in [3.63, 3.8) is 0 Å². The van der Waals surface area contributed by atoms with Crippen molar-refractivity contribution in [3.05, 3.63) is 118 Å². The maximum atomic E-state index is 6.71. The minimum Gasteiger partial charge on any atom is -0.0837 e. The summed E-state index contributed by atoms with van der Waals surface area (Å²) in [5, 5.41) is 0.827. The molecule has 122 valence electrons. The van der Waals surface area contributed by atoms with Crippen LogP contribution in [0.25, 0.3) is 22.3 Å². The third-order valence-corrected chi connectivity index (χ3v) is 6.29. The van der Waals surface area contributed by atoms with Gasteiger partial charge in [0, 0.05) is 10.6 Å². The number of rotatable bonds is 0. The van der Waals surface area contributed by atoms with Crippen LogP contribution < -0.4 is 0 Å². The van der Waals surface area contributed by atoms with Crippen molar-refractivity contribution >= 4 is 11.6 Å². The van der Waals surface area contributed by atoms with Crippen LogP contribution in [-0.4, -0.2) is 0 Å². The van der Waals surface area contributed by atoms with Crippen molar-refractivity contribution < 1.29 is 0 Å². The Balaban J connectivity index is 1.89. The largest absolute Gasteiger partial charge is 0.0837 e. The highest BCUT2D eigenvalue weighted by molar-refractivity contribution is 6.34. The van der Waals surface area contributed by atoms with Crippen LogP contribution in [0.5, 0.6) is 0 Å². The number of hydrogen-bond donors (Lipinski definition) is 0. The maximum Gasteiger partial charge on any atom is 0.0726 e. The van der Waals surface area contributed by atoms with E-state index >= 15 is 0 Å². The lowest BCUT2D eigenvalue weighted by atomic mass is 9.70. The Labute approximate surface area is 157 Å². The van der Waals surface area contributed by atoms with Crippen LogP contribution in [0.3, 0.4) is 0 Å². The predicted molar refractivity (Wildman–Crippen MR) is 108 cm³/mol. The van der Waals surface area contributed by atoms with Crippen molar-refractivity contribution in [1.82, 2.24) is 0 Å². The van der Waals surface area contributed by atoms with Gasteiger partial charge in [-0.1, -0.05) is 96.5 Å². The zero-order valence-corrected chi connectivity index (χ0v) is 14.8. The van der Waals surface area contributed by atoms with Gasteiger partial charge in [0.2, 0.25) is 0 Å². The number of halogens is 1. The van der Waals surface area contributed by atoms with E-state index in [1.54, 1.807) is 0 Å². The van der Waals surface area contributed by atoms with E-state index in [0.717, 1.165) is 5.02 Å². The molecule has 0 bridgehead atoms. The quantitative estimate of drug-likeness (QED) is 0.286. The SMILES string of the molecule is Clc1cccc2c1-c1ccccc1C21c2ccccc2-c2ccccc21. The average molecular weight is 351 g/mol. The van der Waals surface area contributed by atoms with E-state index in [1.165, 1.54) is 44.5 Å². The van der Waals surface area contributed by atoms with Gasteiger partial charge in [-0.25, -0.2) is 0 Å². The molecule has 0 unspecified atom stereocenters. The molecule has 2 aliphatic rings. The molecule has 0 amide bonds. The molecule has 6 rings (SSSR count). The standard InChI is InChI=1S/C25H15Cl/c26-23-15-7-14-22-24(23)18-10-3-6-13-21(18)25(22)19-11-4-1-8-16(19)17-9-2-5-12-20(17)25/h1-15H. The topological polar surface area (TPSA) is 0 Å².